The molecule has 3 rings (SSSR count). The third-order valence-electron chi connectivity index (χ3n) is 2.48. The third-order valence-corrected chi connectivity index (χ3v) is 3.61. The minimum Gasteiger partial charge on any atom is -0.277 e. The van der Waals surface area contributed by atoms with Crippen LogP contribution in [0.15, 0.2) is 35.6 Å². The van der Waals surface area contributed by atoms with E-state index in [0.29, 0.717) is 16.7 Å². The molecule has 7 heteroatoms. The van der Waals surface area contributed by atoms with Gasteiger partial charge in [0, 0.05) is 11.9 Å². The molecule has 0 N–H and O–H groups in total. The monoisotopic (exact) mass is 291 g/mol. The fraction of sp³-hybridized carbons (Fsp3) is 0.167. The van der Waals surface area contributed by atoms with Crippen LogP contribution < -0.4 is 0 Å². The van der Waals surface area contributed by atoms with Crippen LogP contribution in [0.5, 0.6) is 0 Å². The van der Waals surface area contributed by atoms with E-state index in [1.807, 2.05) is 35.7 Å². The van der Waals surface area contributed by atoms with Crippen molar-refractivity contribution in [3.63, 3.8) is 0 Å². The van der Waals surface area contributed by atoms with Gasteiger partial charge in [-0.05, 0) is 25.1 Å². The van der Waals surface area contributed by atoms with E-state index >= 15 is 0 Å². The van der Waals surface area contributed by atoms with Crippen LogP contribution in [0.2, 0.25) is 5.15 Å². The van der Waals surface area contributed by atoms with Crippen LogP contribution in [0.25, 0.3) is 5.65 Å². The Morgan fingerprint density at radius 2 is 2.16 bits per heavy atom. The minimum atomic E-state index is 0.467. The zero-order valence-electron chi connectivity index (χ0n) is 10.1. The highest BCUT2D eigenvalue weighted by Gasteiger charge is 2.07. The van der Waals surface area contributed by atoms with Gasteiger partial charge in [-0.1, -0.05) is 29.4 Å². The van der Waals surface area contributed by atoms with Gasteiger partial charge in [-0.15, -0.1) is 10.2 Å². The van der Waals surface area contributed by atoms with Crippen LogP contribution in [0.4, 0.5) is 0 Å². The number of hydrogen-bond donors (Lipinski definition) is 0. The summed E-state index contributed by atoms with van der Waals surface area (Å²) >= 11 is 7.45. The Morgan fingerprint density at radius 3 is 3.00 bits per heavy atom. The summed E-state index contributed by atoms with van der Waals surface area (Å²) < 4.78 is 1.93. The molecule has 5 nitrogen and oxygen atoms in total. The molecule has 3 aromatic rings. The SMILES string of the molecule is Cc1cc(Cl)nc(CSc2nnc3ccccn23)n1. The lowest BCUT2D eigenvalue weighted by atomic mass is 10.4. The average Bonchev–Trinajstić information content (AvgIpc) is 2.78. The molecule has 0 fully saturated rings. The highest BCUT2D eigenvalue weighted by Crippen LogP contribution is 2.20. The normalized spacial score (nSPS) is 11.1. The number of nitrogens with zero attached hydrogens (tertiary/aromatic N) is 5. The lowest BCUT2D eigenvalue weighted by Crippen LogP contribution is -1.96. The number of pyridine rings is 1. The molecule has 0 aromatic carbocycles. The summed E-state index contributed by atoms with van der Waals surface area (Å²) in [6.07, 6.45) is 1.93. The highest BCUT2D eigenvalue weighted by molar-refractivity contribution is 7.98. The lowest BCUT2D eigenvalue weighted by Gasteiger charge is -2.01. The summed E-state index contributed by atoms with van der Waals surface area (Å²) in [6.45, 7) is 1.90. The first kappa shape index (κ1) is 12.4. The smallest absolute Gasteiger partial charge is 0.196 e. The van der Waals surface area contributed by atoms with E-state index in [1.54, 1.807) is 6.07 Å². The van der Waals surface area contributed by atoms with Gasteiger partial charge < -0.3 is 0 Å². The van der Waals surface area contributed by atoms with E-state index in [2.05, 4.69) is 20.2 Å². The summed E-state index contributed by atoms with van der Waals surface area (Å²) in [4.78, 5) is 8.53. The Hall–Kier alpha value is -1.66. The van der Waals surface area contributed by atoms with Gasteiger partial charge in [-0.3, -0.25) is 4.40 Å². The fourth-order valence-electron chi connectivity index (χ4n) is 1.70. The maximum absolute atomic E-state index is 5.91. The number of thioether (sulfide) groups is 1. The van der Waals surface area contributed by atoms with Gasteiger partial charge >= 0.3 is 0 Å². The van der Waals surface area contributed by atoms with Crippen LogP contribution in [0, 0.1) is 6.92 Å². The Balaban J connectivity index is 1.82. The van der Waals surface area contributed by atoms with Crippen molar-refractivity contribution in [3.8, 4) is 0 Å². The van der Waals surface area contributed by atoms with Gasteiger partial charge in [0.1, 0.15) is 11.0 Å². The second-order valence-corrected chi connectivity index (χ2v) is 5.28. The Bertz CT molecular complexity index is 707. The van der Waals surface area contributed by atoms with Crippen molar-refractivity contribution < 1.29 is 0 Å². The summed E-state index contributed by atoms with van der Waals surface area (Å²) in [6, 6.07) is 7.53. The number of halogens is 1. The molecule has 0 unspecified atom stereocenters. The molecule has 3 aromatic heterocycles. The molecular formula is C12H10ClN5S. The molecule has 0 aliphatic heterocycles. The Kier molecular flexibility index (Phi) is 3.35. The van der Waals surface area contributed by atoms with Gasteiger partial charge in [0.05, 0.1) is 5.75 Å². The van der Waals surface area contributed by atoms with E-state index in [-0.39, 0.29) is 0 Å². The number of aryl methyl sites for hydroxylation is 1. The first-order valence-corrected chi connectivity index (χ1v) is 7.01. The van der Waals surface area contributed by atoms with Crippen molar-refractivity contribution >= 4 is 29.0 Å². The van der Waals surface area contributed by atoms with Crippen molar-refractivity contribution in [3.05, 3.63) is 47.1 Å². The molecule has 0 aliphatic carbocycles. The summed E-state index contributed by atoms with van der Waals surface area (Å²) in [5.41, 5.74) is 1.69. The summed E-state index contributed by atoms with van der Waals surface area (Å²) in [5.74, 6) is 1.31. The molecular weight excluding hydrogens is 282 g/mol. The van der Waals surface area contributed by atoms with Gasteiger partial charge in [-0.25, -0.2) is 9.97 Å². The molecule has 0 aliphatic rings. The standard InChI is InChI=1S/C12H10ClN5S/c1-8-6-9(13)15-10(14-8)7-19-12-17-16-11-4-2-3-5-18(11)12/h2-6H,7H2,1H3. The zero-order valence-corrected chi connectivity index (χ0v) is 11.7. The van der Waals surface area contributed by atoms with Crippen LogP contribution in [-0.2, 0) is 5.75 Å². The predicted octanol–water partition coefficient (Wildman–Crippen LogP) is 2.77. The van der Waals surface area contributed by atoms with Crippen LogP contribution in [0.1, 0.15) is 11.5 Å². The molecule has 0 atom stereocenters. The van der Waals surface area contributed by atoms with Crippen molar-refractivity contribution in [2.75, 3.05) is 0 Å². The summed E-state index contributed by atoms with van der Waals surface area (Å²) in [7, 11) is 0. The van der Waals surface area contributed by atoms with Gasteiger partial charge in [0.15, 0.2) is 10.8 Å². The molecule has 0 bridgehead atoms. The quantitative estimate of drug-likeness (QED) is 0.548. The number of aromatic nitrogens is 5. The maximum Gasteiger partial charge on any atom is 0.196 e. The number of rotatable bonds is 3. The molecule has 0 saturated carbocycles. The van der Waals surface area contributed by atoms with Crippen molar-refractivity contribution in [1.82, 2.24) is 24.6 Å². The first-order valence-electron chi connectivity index (χ1n) is 5.65. The van der Waals surface area contributed by atoms with E-state index in [9.17, 15) is 0 Å². The number of fused-ring (bicyclic) bond motifs is 1. The molecule has 3 heterocycles. The Labute approximate surface area is 119 Å². The van der Waals surface area contributed by atoms with E-state index < -0.39 is 0 Å². The molecule has 0 saturated heterocycles. The largest absolute Gasteiger partial charge is 0.277 e. The minimum absolute atomic E-state index is 0.467. The van der Waals surface area contributed by atoms with E-state index in [0.717, 1.165) is 16.5 Å². The van der Waals surface area contributed by atoms with E-state index in [4.69, 9.17) is 11.6 Å². The van der Waals surface area contributed by atoms with Crippen LogP contribution in [0.3, 0.4) is 0 Å². The van der Waals surface area contributed by atoms with Crippen molar-refractivity contribution in [2.24, 2.45) is 0 Å². The average molecular weight is 292 g/mol. The van der Waals surface area contributed by atoms with Crippen molar-refractivity contribution in [2.45, 2.75) is 17.8 Å². The molecule has 0 amide bonds. The zero-order chi connectivity index (χ0) is 13.2. The molecule has 96 valence electrons. The maximum atomic E-state index is 5.91. The molecule has 19 heavy (non-hydrogen) atoms. The topological polar surface area (TPSA) is 56.0 Å². The van der Waals surface area contributed by atoms with Crippen molar-refractivity contribution in [1.29, 1.82) is 0 Å². The predicted molar refractivity (Wildman–Crippen MR) is 74.3 cm³/mol. The second kappa shape index (κ2) is 5.14. The van der Waals surface area contributed by atoms with Gasteiger partial charge in [0.25, 0.3) is 0 Å². The Morgan fingerprint density at radius 1 is 1.26 bits per heavy atom. The van der Waals surface area contributed by atoms with Crippen LogP contribution in [-0.4, -0.2) is 24.6 Å². The first-order chi connectivity index (χ1) is 9.22. The third kappa shape index (κ3) is 2.69. The van der Waals surface area contributed by atoms with Crippen LogP contribution >= 0.6 is 23.4 Å². The van der Waals surface area contributed by atoms with Gasteiger partial charge in [-0.2, -0.15) is 0 Å². The molecule has 0 radical (unpaired) electrons. The van der Waals surface area contributed by atoms with Gasteiger partial charge in [0.2, 0.25) is 0 Å². The van der Waals surface area contributed by atoms with E-state index in [1.165, 1.54) is 11.8 Å². The molecule has 0 spiro atoms. The second-order valence-electron chi connectivity index (χ2n) is 3.95. The number of hydrogen-bond acceptors (Lipinski definition) is 5. The fourth-order valence-corrected chi connectivity index (χ4v) is 2.74. The lowest BCUT2D eigenvalue weighted by molar-refractivity contribution is 0.915. The highest BCUT2D eigenvalue weighted by atomic mass is 35.5. The summed E-state index contributed by atoms with van der Waals surface area (Å²) in [5, 5.41) is 9.52.